The predicted molar refractivity (Wildman–Crippen MR) is 50.4 cm³/mol. The highest BCUT2D eigenvalue weighted by molar-refractivity contribution is 6.17. The molecule has 0 bridgehead atoms. The van der Waals surface area contributed by atoms with E-state index in [0.717, 1.165) is 31.6 Å². The summed E-state index contributed by atoms with van der Waals surface area (Å²) in [7, 11) is 0. The van der Waals surface area contributed by atoms with Crippen molar-refractivity contribution in [1.82, 2.24) is 0 Å². The Labute approximate surface area is 79.2 Å². The molecule has 0 N–H and O–H groups in total. The van der Waals surface area contributed by atoms with Crippen molar-refractivity contribution in [3.63, 3.8) is 0 Å². The normalized spacial score (nSPS) is 9.83. The third-order valence-electron chi connectivity index (χ3n) is 1.57. The number of unbranched alkanes of at least 4 members (excludes halogenated alkanes) is 3. The average molecular weight is 193 g/mol. The fourth-order valence-electron chi connectivity index (χ4n) is 0.951. The maximum atomic E-state index is 10.8. The van der Waals surface area contributed by atoms with E-state index in [1.54, 1.807) is 0 Å². The van der Waals surface area contributed by atoms with Crippen molar-refractivity contribution in [2.24, 2.45) is 0 Å². The Balaban J connectivity index is 3.03. The van der Waals surface area contributed by atoms with E-state index in [-0.39, 0.29) is 5.97 Å². The molecule has 0 radical (unpaired) electrons. The summed E-state index contributed by atoms with van der Waals surface area (Å²) in [6.45, 7) is 2.31. The van der Waals surface area contributed by atoms with Crippen molar-refractivity contribution in [2.75, 3.05) is 12.5 Å². The highest BCUT2D eigenvalue weighted by Gasteiger charge is 1.99. The van der Waals surface area contributed by atoms with Crippen molar-refractivity contribution >= 4 is 17.6 Å². The molecule has 12 heavy (non-hydrogen) atoms. The van der Waals surface area contributed by atoms with Gasteiger partial charge in [0.05, 0.1) is 6.61 Å². The summed E-state index contributed by atoms with van der Waals surface area (Å²) >= 11 is 5.50. The molecule has 0 spiro atoms. The summed E-state index contributed by atoms with van der Waals surface area (Å²) in [5.41, 5.74) is 0. The molecule has 0 aliphatic carbocycles. The Bertz CT molecular complexity index is 115. The Morgan fingerprint density at radius 1 is 1.25 bits per heavy atom. The van der Waals surface area contributed by atoms with E-state index in [4.69, 9.17) is 16.3 Å². The van der Waals surface area contributed by atoms with E-state index in [1.807, 2.05) is 6.92 Å². The van der Waals surface area contributed by atoms with Crippen molar-refractivity contribution in [3.8, 4) is 0 Å². The topological polar surface area (TPSA) is 26.3 Å². The van der Waals surface area contributed by atoms with Gasteiger partial charge in [0.15, 0.2) is 0 Å². The minimum absolute atomic E-state index is 0.0802. The van der Waals surface area contributed by atoms with E-state index in [0.29, 0.717) is 13.0 Å². The third kappa shape index (κ3) is 7.86. The number of carbonyl (C=O) groups excluding carboxylic acids is 1. The van der Waals surface area contributed by atoms with Crippen LogP contribution >= 0.6 is 11.6 Å². The molecular formula is C9H17ClO2. The van der Waals surface area contributed by atoms with Gasteiger partial charge in [-0.05, 0) is 19.8 Å². The van der Waals surface area contributed by atoms with E-state index < -0.39 is 0 Å². The number of esters is 1. The fourth-order valence-corrected chi connectivity index (χ4v) is 1.14. The molecule has 0 aromatic rings. The van der Waals surface area contributed by atoms with Crippen LogP contribution in [0, 0.1) is 0 Å². The minimum atomic E-state index is -0.0802. The monoisotopic (exact) mass is 192 g/mol. The summed E-state index contributed by atoms with van der Waals surface area (Å²) in [4.78, 5) is 10.8. The number of alkyl halides is 1. The van der Waals surface area contributed by atoms with Gasteiger partial charge in [0.25, 0.3) is 0 Å². The van der Waals surface area contributed by atoms with Gasteiger partial charge in [-0.3, -0.25) is 4.79 Å². The van der Waals surface area contributed by atoms with E-state index in [9.17, 15) is 4.79 Å². The van der Waals surface area contributed by atoms with Crippen LogP contribution in [-0.2, 0) is 9.53 Å². The van der Waals surface area contributed by atoms with Crippen LogP contribution in [0.2, 0.25) is 0 Å². The molecule has 0 heterocycles. The zero-order valence-electron chi connectivity index (χ0n) is 7.64. The third-order valence-corrected chi connectivity index (χ3v) is 1.84. The predicted octanol–water partition coefficient (Wildman–Crippen LogP) is 2.74. The van der Waals surface area contributed by atoms with Crippen LogP contribution in [0.1, 0.15) is 39.0 Å². The smallest absolute Gasteiger partial charge is 0.305 e. The molecule has 0 aliphatic rings. The Hall–Kier alpha value is -0.240. The lowest BCUT2D eigenvalue weighted by atomic mass is 10.1. The number of rotatable bonds is 7. The molecule has 2 nitrogen and oxygen atoms in total. The number of carbonyl (C=O) groups is 1. The Morgan fingerprint density at radius 3 is 2.50 bits per heavy atom. The van der Waals surface area contributed by atoms with Gasteiger partial charge < -0.3 is 4.74 Å². The first-order valence-corrected chi connectivity index (χ1v) is 5.06. The van der Waals surface area contributed by atoms with Gasteiger partial charge >= 0.3 is 5.97 Å². The fraction of sp³-hybridized carbons (Fsp3) is 0.889. The summed E-state index contributed by atoms with van der Waals surface area (Å²) < 4.78 is 4.78. The lowest BCUT2D eigenvalue weighted by Crippen LogP contribution is -2.03. The zero-order chi connectivity index (χ0) is 9.23. The van der Waals surface area contributed by atoms with Crippen molar-refractivity contribution in [1.29, 1.82) is 0 Å². The second kappa shape index (κ2) is 8.85. The van der Waals surface area contributed by atoms with E-state index in [1.165, 1.54) is 0 Å². The molecule has 0 aliphatic heterocycles. The lowest BCUT2D eigenvalue weighted by molar-refractivity contribution is -0.143. The van der Waals surface area contributed by atoms with Gasteiger partial charge in [-0.2, -0.15) is 0 Å². The van der Waals surface area contributed by atoms with Crippen molar-refractivity contribution in [3.05, 3.63) is 0 Å². The largest absolute Gasteiger partial charge is 0.466 e. The minimum Gasteiger partial charge on any atom is -0.466 e. The van der Waals surface area contributed by atoms with Crippen LogP contribution in [0.3, 0.4) is 0 Å². The molecule has 72 valence electrons. The average Bonchev–Trinajstić information content (AvgIpc) is 2.05. The molecule has 0 aromatic heterocycles. The van der Waals surface area contributed by atoms with Crippen LogP contribution in [0.5, 0.6) is 0 Å². The second-order valence-corrected chi connectivity index (χ2v) is 3.04. The van der Waals surface area contributed by atoms with Gasteiger partial charge in [0.1, 0.15) is 0 Å². The van der Waals surface area contributed by atoms with Crippen LogP contribution in [0.4, 0.5) is 0 Å². The first-order chi connectivity index (χ1) is 5.81. The van der Waals surface area contributed by atoms with Crippen LogP contribution < -0.4 is 0 Å². The summed E-state index contributed by atoms with van der Waals surface area (Å²) in [6.07, 6.45) is 4.71. The van der Waals surface area contributed by atoms with Gasteiger partial charge in [0, 0.05) is 12.3 Å². The molecule has 0 atom stereocenters. The number of halogens is 1. The quantitative estimate of drug-likeness (QED) is 0.352. The van der Waals surface area contributed by atoms with E-state index >= 15 is 0 Å². The summed E-state index contributed by atoms with van der Waals surface area (Å²) in [5.74, 6) is 0.641. The first kappa shape index (κ1) is 11.8. The molecule has 0 fully saturated rings. The maximum Gasteiger partial charge on any atom is 0.305 e. The Kier molecular flexibility index (Phi) is 8.68. The van der Waals surface area contributed by atoms with E-state index in [2.05, 4.69) is 0 Å². The molecule has 0 saturated heterocycles. The van der Waals surface area contributed by atoms with Gasteiger partial charge in [-0.15, -0.1) is 11.6 Å². The standard InChI is InChI=1S/C9H17ClO2/c1-2-12-9(11)7-5-3-4-6-8-10/h2-8H2,1H3. The highest BCUT2D eigenvalue weighted by Crippen LogP contribution is 2.04. The van der Waals surface area contributed by atoms with Crippen molar-refractivity contribution < 1.29 is 9.53 Å². The second-order valence-electron chi connectivity index (χ2n) is 2.66. The van der Waals surface area contributed by atoms with Crippen LogP contribution in [-0.4, -0.2) is 18.5 Å². The molecule has 0 saturated carbocycles. The highest BCUT2D eigenvalue weighted by atomic mass is 35.5. The summed E-state index contributed by atoms with van der Waals surface area (Å²) in [5, 5.41) is 0. The van der Waals surface area contributed by atoms with Crippen LogP contribution in [0.25, 0.3) is 0 Å². The number of hydrogen-bond donors (Lipinski definition) is 0. The number of ether oxygens (including phenoxy) is 1. The molecule has 3 heteroatoms. The number of hydrogen-bond acceptors (Lipinski definition) is 2. The molecule has 0 unspecified atom stereocenters. The summed E-state index contributed by atoms with van der Waals surface area (Å²) in [6, 6.07) is 0. The van der Waals surface area contributed by atoms with Crippen LogP contribution in [0.15, 0.2) is 0 Å². The van der Waals surface area contributed by atoms with Gasteiger partial charge in [0.2, 0.25) is 0 Å². The molecule has 0 aromatic carbocycles. The molecular weight excluding hydrogens is 176 g/mol. The maximum absolute atomic E-state index is 10.8. The Morgan fingerprint density at radius 2 is 1.92 bits per heavy atom. The van der Waals surface area contributed by atoms with Gasteiger partial charge in [-0.1, -0.05) is 12.8 Å². The van der Waals surface area contributed by atoms with Crippen molar-refractivity contribution in [2.45, 2.75) is 39.0 Å². The first-order valence-electron chi connectivity index (χ1n) is 4.52. The molecule has 0 rings (SSSR count). The van der Waals surface area contributed by atoms with Gasteiger partial charge in [-0.25, -0.2) is 0 Å². The zero-order valence-corrected chi connectivity index (χ0v) is 8.40. The lowest BCUT2D eigenvalue weighted by Gasteiger charge is -2.00. The molecule has 0 amide bonds. The SMILES string of the molecule is CCOC(=O)CCCCCCCl.